The summed E-state index contributed by atoms with van der Waals surface area (Å²) in [5, 5.41) is 3.10. The third kappa shape index (κ3) is 4.08. The second-order valence-corrected chi connectivity index (χ2v) is 8.86. The van der Waals surface area contributed by atoms with Crippen LogP contribution < -0.4 is 15.6 Å². The number of nitrogens with one attached hydrogen (secondary N) is 1. The Hall–Kier alpha value is -2.41. The number of piperazine rings is 1. The number of pyridine rings is 1. The summed E-state index contributed by atoms with van der Waals surface area (Å²) >= 11 is 0. The van der Waals surface area contributed by atoms with Crippen molar-refractivity contribution in [1.82, 2.24) is 14.8 Å². The highest BCUT2D eigenvalue weighted by molar-refractivity contribution is 5.98. The molecule has 30 heavy (non-hydrogen) atoms. The molecule has 0 bridgehead atoms. The van der Waals surface area contributed by atoms with E-state index in [1.807, 2.05) is 24.5 Å². The van der Waals surface area contributed by atoms with Gasteiger partial charge in [0.1, 0.15) is 11.4 Å². The van der Waals surface area contributed by atoms with E-state index in [-0.39, 0.29) is 28.8 Å². The van der Waals surface area contributed by atoms with Gasteiger partial charge in [0, 0.05) is 50.3 Å². The van der Waals surface area contributed by atoms with E-state index < -0.39 is 11.2 Å². The van der Waals surface area contributed by atoms with Crippen molar-refractivity contribution in [2.24, 2.45) is 5.92 Å². The number of likely N-dealkylation sites (N-methyl/N-ethyl adjacent to an activating group) is 1. The van der Waals surface area contributed by atoms with Crippen LogP contribution in [0.1, 0.15) is 50.0 Å². The Morgan fingerprint density at radius 3 is 2.50 bits per heavy atom. The van der Waals surface area contributed by atoms with Gasteiger partial charge in [0.2, 0.25) is 5.43 Å². The largest absolute Gasteiger partial charge is 0.367 e. The minimum Gasteiger partial charge on any atom is -0.367 e. The molecular formula is C23H31FN4O2. The normalized spacial score (nSPS) is 17.7. The average Bonchev–Trinajstić information content (AvgIpc) is 3.57. The van der Waals surface area contributed by atoms with Crippen molar-refractivity contribution < 1.29 is 9.18 Å². The number of benzene rings is 1. The van der Waals surface area contributed by atoms with Gasteiger partial charge in [-0.3, -0.25) is 9.59 Å². The van der Waals surface area contributed by atoms with E-state index >= 15 is 4.39 Å². The van der Waals surface area contributed by atoms with Crippen molar-refractivity contribution >= 4 is 22.5 Å². The maximum absolute atomic E-state index is 15.1. The number of halogens is 1. The monoisotopic (exact) mass is 414 g/mol. The van der Waals surface area contributed by atoms with Gasteiger partial charge in [-0.05, 0) is 37.4 Å². The second-order valence-electron chi connectivity index (χ2n) is 8.86. The fraction of sp³-hybridized carbons (Fsp3) is 0.565. The lowest BCUT2D eigenvalue weighted by Gasteiger charge is -2.35. The zero-order valence-corrected chi connectivity index (χ0v) is 18.1. The first-order valence-corrected chi connectivity index (χ1v) is 11.0. The molecule has 0 spiro atoms. The third-order valence-corrected chi connectivity index (χ3v) is 6.12. The molecule has 2 fully saturated rings. The fourth-order valence-electron chi connectivity index (χ4n) is 4.11. The fourth-order valence-corrected chi connectivity index (χ4v) is 4.11. The Balaban J connectivity index is 1.75. The lowest BCUT2D eigenvalue weighted by molar-refractivity contribution is 0.0947. The minimum absolute atomic E-state index is 0.0961. The number of amides is 1. The van der Waals surface area contributed by atoms with Gasteiger partial charge in [0.05, 0.1) is 11.2 Å². The summed E-state index contributed by atoms with van der Waals surface area (Å²) in [5.41, 5.74) is 0.962. The molecule has 1 aromatic heterocycles. The lowest BCUT2D eigenvalue weighted by atomic mass is 10.1. The molecule has 1 saturated carbocycles. The molecule has 2 heterocycles. The van der Waals surface area contributed by atoms with Crippen molar-refractivity contribution in [3.63, 3.8) is 0 Å². The van der Waals surface area contributed by atoms with Crippen molar-refractivity contribution in [1.29, 1.82) is 0 Å². The van der Waals surface area contributed by atoms with Crippen molar-refractivity contribution in [3.8, 4) is 0 Å². The number of carbonyl (C=O) groups is 1. The molecule has 1 aromatic carbocycles. The number of hydrogen-bond donors (Lipinski definition) is 1. The summed E-state index contributed by atoms with van der Waals surface area (Å²) < 4.78 is 17.1. The Kier molecular flexibility index (Phi) is 5.82. The number of carbonyl (C=O) groups excluding carboxylic acids is 1. The van der Waals surface area contributed by atoms with E-state index in [0.717, 1.165) is 51.1 Å². The summed E-state index contributed by atoms with van der Waals surface area (Å²) in [6, 6.07) is 3.40. The Bertz CT molecular complexity index is 1000. The number of anilines is 1. The number of aromatic nitrogens is 1. The van der Waals surface area contributed by atoms with Crippen molar-refractivity contribution in [2.45, 2.75) is 39.7 Å². The molecule has 1 saturated heterocycles. The summed E-state index contributed by atoms with van der Waals surface area (Å²) in [6.45, 7) is 11.0. The number of rotatable bonds is 6. The molecule has 0 atom stereocenters. The van der Waals surface area contributed by atoms with Gasteiger partial charge < -0.3 is 19.7 Å². The first-order valence-electron chi connectivity index (χ1n) is 11.0. The maximum atomic E-state index is 15.1. The Morgan fingerprint density at radius 2 is 1.90 bits per heavy atom. The molecular weight excluding hydrogens is 383 g/mol. The molecule has 0 radical (unpaired) electrons. The summed E-state index contributed by atoms with van der Waals surface area (Å²) in [5.74, 6) is -0.495. The van der Waals surface area contributed by atoms with E-state index in [1.165, 1.54) is 6.07 Å². The van der Waals surface area contributed by atoms with Crippen LogP contribution >= 0.6 is 0 Å². The van der Waals surface area contributed by atoms with Crippen LogP contribution in [0.2, 0.25) is 0 Å². The summed E-state index contributed by atoms with van der Waals surface area (Å²) in [6.07, 6.45) is 3.69. The molecule has 0 unspecified atom stereocenters. The predicted octanol–water partition coefficient (Wildman–Crippen LogP) is 3.00. The van der Waals surface area contributed by atoms with E-state index in [9.17, 15) is 9.59 Å². The van der Waals surface area contributed by atoms with Crippen LogP contribution in [-0.4, -0.2) is 54.6 Å². The quantitative estimate of drug-likeness (QED) is 0.790. The maximum Gasteiger partial charge on any atom is 0.256 e. The van der Waals surface area contributed by atoms with Crippen LogP contribution in [0.25, 0.3) is 10.9 Å². The first kappa shape index (κ1) is 20.8. The van der Waals surface area contributed by atoms with Gasteiger partial charge in [0.25, 0.3) is 5.91 Å². The molecule has 1 aliphatic carbocycles. The second kappa shape index (κ2) is 8.38. The highest BCUT2D eigenvalue weighted by Crippen LogP contribution is 2.38. The van der Waals surface area contributed by atoms with Gasteiger partial charge in [-0.1, -0.05) is 20.8 Å². The Labute approximate surface area is 176 Å². The van der Waals surface area contributed by atoms with Gasteiger partial charge in [-0.25, -0.2) is 4.39 Å². The smallest absolute Gasteiger partial charge is 0.256 e. The molecule has 4 rings (SSSR count). The predicted molar refractivity (Wildman–Crippen MR) is 118 cm³/mol. The number of fused-ring (bicyclic) bond motifs is 1. The summed E-state index contributed by atoms with van der Waals surface area (Å²) in [4.78, 5) is 30.1. The van der Waals surface area contributed by atoms with Crippen LogP contribution in [0.15, 0.2) is 23.1 Å². The van der Waals surface area contributed by atoms with E-state index in [1.54, 1.807) is 6.20 Å². The molecule has 2 aromatic rings. The molecule has 1 aliphatic heterocycles. The van der Waals surface area contributed by atoms with Gasteiger partial charge in [-0.15, -0.1) is 0 Å². The Morgan fingerprint density at radius 1 is 1.20 bits per heavy atom. The average molecular weight is 415 g/mol. The number of nitrogens with zero attached hydrogens (tertiary/aromatic N) is 3. The SMILES string of the molecule is CCN1CCN(c2cc3c(cc2F)c(=O)c(C(=O)NCC(C)C)cn3C2CC2)CC1. The zero-order chi connectivity index (χ0) is 21.4. The van der Waals surface area contributed by atoms with Crippen LogP contribution in [-0.2, 0) is 0 Å². The van der Waals surface area contributed by atoms with Crippen LogP contribution in [0.4, 0.5) is 10.1 Å². The zero-order valence-electron chi connectivity index (χ0n) is 18.1. The van der Waals surface area contributed by atoms with Gasteiger partial charge >= 0.3 is 0 Å². The number of hydrogen-bond acceptors (Lipinski definition) is 4. The molecule has 1 amide bonds. The van der Waals surface area contributed by atoms with Crippen LogP contribution in [0, 0.1) is 11.7 Å². The van der Waals surface area contributed by atoms with Crippen LogP contribution in [0.3, 0.4) is 0 Å². The van der Waals surface area contributed by atoms with Gasteiger partial charge in [-0.2, -0.15) is 0 Å². The third-order valence-electron chi connectivity index (χ3n) is 6.12. The van der Waals surface area contributed by atoms with E-state index in [2.05, 4.69) is 22.0 Å². The first-order chi connectivity index (χ1) is 14.4. The van der Waals surface area contributed by atoms with E-state index in [4.69, 9.17) is 0 Å². The molecule has 6 nitrogen and oxygen atoms in total. The molecule has 1 N–H and O–H groups in total. The minimum atomic E-state index is -0.399. The summed E-state index contributed by atoms with van der Waals surface area (Å²) in [7, 11) is 0. The van der Waals surface area contributed by atoms with Crippen molar-refractivity contribution in [3.05, 3.63) is 39.9 Å². The highest BCUT2D eigenvalue weighted by atomic mass is 19.1. The lowest BCUT2D eigenvalue weighted by Crippen LogP contribution is -2.46. The highest BCUT2D eigenvalue weighted by Gasteiger charge is 2.28. The van der Waals surface area contributed by atoms with E-state index in [0.29, 0.717) is 12.2 Å². The molecule has 2 aliphatic rings. The van der Waals surface area contributed by atoms with Gasteiger partial charge in [0.15, 0.2) is 0 Å². The standard InChI is InChI=1S/C23H31FN4O2/c1-4-26-7-9-27(10-8-26)21-12-20-17(11-19(21)24)22(29)18(14-28(20)16-5-6-16)23(30)25-13-15(2)3/h11-12,14-16H,4-10,13H2,1-3H3,(H,25,30). The van der Waals surface area contributed by atoms with Crippen LogP contribution in [0.5, 0.6) is 0 Å². The molecule has 7 heteroatoms. The topological polar surface area (TPSA) is 57.6 Å². The van der Waals surface area contributed by atoms with Crippen molar-refractivity contribution in [2.75, 3.05) is 44.2 Å². The molecule has 162 valence electrons.